The lowest BCUT2D eigenvalue weighted by atomic mass is 10.0. The molecule has 6 nitrogen and oxygen atoms in total. The summed E-state index contributed by atoms with van der Waals surface area (Å²) in [5, 5.41) is 20.9. The van der Waals surface area contributed by atoms with E-state index < -0.39 is 6.10 Å². The van der Waals surface area contributed by atoms with E-state index in [-0.39, 0.29) is 12.4 Å². The Bertz CT molecular complexity index is 1170. The first kappa shape index (κ1) is 20.5. The number of methoxy groups -OCH3 is 1. The molecular formula is C25H23NO5. The fourth-order valence-electron chi connectivity index (χ4n) is 3.25. The van der Waals surface area contributed by atoms with Crippen molar-refractivity contribution >= 4 is 0 Å². The quantitative estimate of drug-likeness (QED) is 0.439. The minimum absolute atomic E-state index is 0.0372. The van der Waals surface area contributed by atoms with Gasteiger partial charge >= 0.3 is 0 Å². The van der Waals surface area contributed by atoms with Crippen molar-refractivity contribution in [3.05, 3.63) is 95.4 Å². The van der Waals surface area contributed by atoms with Crippen LogP contribution in [0.25, 0.3) is 11.5 Å². The number of aliphatic hydroxyl groups is 1. The fraction of sp³-hybridized carbons (Fsp3) is 0.160. The summed E-state index contributed by atoms with van der Waals surface area (Å²) < 4.78 is 16.8. The Labute approximate surface area is 180 Å². The Hall–Kier alpha value is -3.77. The lowest BCUT2D eigenvalue weighted by Gasteiger charge is -2.15. The van der Waals surface area contributed by atoms with Crippen LogP contribution >= 0.6 is 0 Å². The molecule has 0 aliphatic heterocycles. The smallest absolute Gasteiger partial charge is 0.226 e. The summed E-state index contributed by atoms with van der Waals surface area (Å²) in [6.45, 7) is 2.08. The highest BCUT2D eigenvalue weighted by molar-refractivity contribution is 5.53. The van der Waals surface area contributed by atoms with E-state index in [0.717, 1.165) is 5.56 Å². The molecule has 4 aromatic rings. The van der Waals surface area contributed by atoms with E-state index in [0.29, 0.717) is 40.0 Å². The molecule has 0 spiro atoms. The molecule has 0 bridgehead atoms. The number of phenolic OH excluding ortho intramolecular Hbond substituents is 1. The minimum atomic E-state index is -1.01. The van der Waals surface area contributed by atoms with E-state index in [1.807, 2.05) is 37.3 Å². The van der Waals surface area contributed by atoms with Crippen LogP contribution in [-0.4, -0.2) is 22.3 Å². The molecule has 0 radical (unpaired) electrons. The highest BCUT2D eigenvalue weighted by atomic mass is 16.5. The molecule has 4 rings (SSSR count). The van der Waals surface area contributed by atoms with Crippen molar-refractivity contribution in [3.8, 4) is 28.7 Å². The van der Waals surface area contributed by atoms with Gasteiger partial charge in [0.15, 0.2) is 0 Å². The lowest BCUT2D eigenvalue weighted by molar-refractivity contribution is 0.214. The number of hydrogen-bond donors (Lipinski definition) is 2. The highest BCUT2D eigenvalue weighted by Gasteiger charge is 2.17. The van der Waals surface area contributed by atoms with Gasteiger partial charge in [-0.05, 0) is 48.9 Å². The van der Waals surface area contributed by atoms with Gasteiger partial charge in [0, 0.05) is 17.2 Å². The van der Waals surface area contributed by atoms with Gasteiger partial charge in [-0.25, -0.2) is 4.98 Å². The number of aromatic hydroxyl groups is 1. The predicted molar refractivity (Wildman–Crippen MR) is 116 cm³/mol. The minimum Gasteiger partial charge on any atom is -0.507 e. The lowest BCUT2D eigenvalue weighted by Crippen LogP contribution is -2.02. The zero-order valence-electron chi connectivity index (χ0n) is 17.3. The maximum atomic E-state index is 10.7. The maximum absolute atomic E-state index is 10.7. The molecule has 1 heterocycles. The summed E-state index contributed by atoms with van der Waals surface area (Å²) in [6.07, 6.45) is -1.01. The summed E-state index contributed by atoms with van der Waals surface area (Å²) in [6, 6.07) is 21.6. The van der Waals surface area contributed by atoms with Gasteiger partial charge in [-0.15, -0.1) is 0 Å². The normalized spacial score (nSPS) is 11.8. The van der Waals surface area contributed by atoms with Crippen molar-refractivity contribution in [2.75, 3.05) is 7.11 Å². The van der Waals surface area contributed by atoms with Gasteiger partial charge in [0.25, 0.3) is 0 Å². The van der Waals surface area contributed by atoms with Gasteiger partial charge in [-0.3, -0.25) is 0 Å². The van der Waals surface area contributed by atoms with Crippen LogP contribution in [0.3, 0.4) is 0 Å². The third kappa shape index (κ3) is 4.54. The molecule has 0 fully saturated rings. The Kier molecular flexibility index (Phi) is 5.91. The van der Waals surface area contributed by atoms with Crippen LogP contribution in [0, 0.1) is 6.92 Å². The van der Waals surface area contributed by atoms with Crippen LogP contribution in [0.2, 0.25) is 0 Å². The van der Waals surface area contributed by atoms with E-state index in [4.69, 9.17) is 13.9 Å². The molecular weight excluding hydrogens is 394 g/mol. The molecule has 1 aromatic heterocycles. The Balaban J connectivity index is 1.49. The number of nitrogens with zero attached hydrogens (tertiary/aromatic N) is 1. The summed E-state index contributed by atoms with van der Waals surface area (Å²) in [7, 11) is 1.52. The summed E-state index contributed by atoms with van der Waals surface area (Å²) in [4.78, 5) is 4.54. The maximum Gasteiger partial charge on any atom is 0.226 e. The van der Waals surface area contributed by atoms with Gasteiger partial charge in [0.1, 0.15) is 41.4 Å². The predicted octanol–water partition coefficient (Wildman–Crippen LogP) is 5.02. The number of aliphatic hydroxyl groups excluding tert-OH is 1. The highest BCUT2D eigenvalue weighted by Crippen LogP contribution is 2.33. The van der Waals surface area contributed by atoms with Crippen LogP contribution < -0.4 is 9.47 Å². The molecule has 158 valence electrons. The Morgan fingerprint density at radius 2 is 1.77 bits per heavy atom. The van der Waals surface area contributed by atoms with E-state index in [9.17, 15) is 10.2 Å². The molecule has 0 saturated heterocycles. The SMILES string of the molecule is COc1ccc(C(O)c2cccc(OCc3nc(-c4ccccc4)oc3C)c2)c(O)c1. The van der Waals surface area contributed by atoms with Crippen LogP contribution in [0.5, 0.6) is 17.2 Å². The molecule has 2 N–H and O–H groups in total. The van der Waals surface area contributed by atoms with Crippen molar-refractivity contribution in [1.82, 2.24) is 4.98 Å². The largest absolute Gasteiger partial charge is 0.507 e. The molecule has 1 atom stereocenters. The van der Waals surface area contributed by atoms with E-state index in [1.165, 1.54) is 13.2 Å². The average molecular weight is 417 g/mol. The molecule has 0 aliphatic rings. The van der Waals surface area contributed by atoms with Gasteiger partial charge < -0.3 is 24.1 Å². The number of ether oxygens (including phenoxy) is 2. The third-order valence-electron chi connectivity index (χ3n) is 4.99. The zero-order valence-corrected chi connectivity index (χ0v) is 17.3. The second-order valence-corrected chi connectivity index (χ2v) is 7.08. The van der Waals surface area contributed by atoms with Crippen LogP contribution in [0.1, 0.15) is 28.7 Å². The number of oxazole rings is 1. The van der Waals surface area contributed by atoms with Gasteiger partial charge in [0.2, 0.25) is 5.89 Å². The fourth-order valence-corrected chi connectivity index (χ4v) is 3.25. The molecule has 6 heteroatoms. The monoisotopic (exact) mass is 417 g/mol. The first-order valence-corrected chi connectivity index (χ1v) is 9.84. The number of hydrogen-bond acceptors (Lipinski definition) is 6. The summed E-state index contributed by atoms with van der Waals surface area (Å²) in [5.74, 6) is 2.30. The number of aryl methyl sites for hydroxylation is 1. The first-order valence-electron chi connectivity index (χ1n) is 9.84. The number of aromatic nitrogens is 1. The van der Waals surface area contributed by atoms with Crippen LogP contribution in [-0.2, 0) is 6.61 Å². The Morgan fingerprint density at radius 1 is 0.968 bits per heavy atom. The Morgan fingerprint density at radius 3 is 2.52 bits per heavy atom. The number of benzene rings is 3. The third-order valence-corrected chi connectivity index (χ3v) is 4.99. The number of rotatable bonds is 7. The topological polar surface area (TPSA) is 85.0 Å². The van der Waals surface area contributed by atoms with Gasteiger partial charge in [-0.2, -0.15) is 0 Å². The zero-order chi connectivity index (χ0) is 21.8. The average Bonchev–Trinajstić information content (AvgIpc) is 3.18. The van der Waals surface area contributed by atoms with Gasteiger partial charge in [0.05, 0.1) is 7.11 Å². The van der Waals surface area contributed by atoms with Crippen molar-refractivity contribution in [1.29, 1.82) is 0 Å². The second-order valence-electron chi connectivity index (χ2n) is 7.08. The van der Waals surface area contributed by atoms with E-state index >= 15 is 0 Å². The number of phenols is 1. The van der Waals surface area contributed by atoms with Crippen molar-refractivity contribution in [2.24, 2.45) is 0 Å². The van der Waals surface area contributed by atoms with Gasteiger partial charge in [-0.1, -0.05) is 30.3 Å². The van der Waals surface area contributed by atoms with E-state index in [1.54, 1.807) is 36.4 Å². The molecule has 1 unspecified atom stereocenters. The van der Waals surface area contributed by atoms with Crippen molar-refractivity contribution in [3.63, 3.8) is 0 Å². The molecule has 31 heavy (non-hydrogen) atoms. The van der Waals surface area contributed by atoms with Crippen molar-refractivity contribution < 1.29 is 24.1 Å². The molecule has 3 aromatic carbocycles. The summed E-state index contributed by atoms with van der Waals surface area (Å²) in [5.41, 5.74) is 2.59. The molecule has 0 saturated carbocycles. The van der Waals surface area contributed by atoms with Crippen LogP contribution in [0.15, 0.2) is 77.2 Å². The standard InChI is InChI=1S/C25H23NO5/c1-16-22(26-25(31-16)17-7-4-3-5-8-17)15-30-20-10-6-9-18(13-20)24(28)21-12-11-19(29-2)14-23(21)27/h3-14,24,27-28H,15H2,1-2H3. The summed E-state index contributed by atoms with van der Waals surface area (Å²) >= 11 is 0. The first-order chi connectivity index (χ1) is 15.0. The van der Waals surface area contributed by atoms with E-state index in [2.05, 4.69) is 4.98 Å². The van der Waals surface area contributed by atoms with Crippen molar-refractivity contribution in [2.45, 2.75) is 19.6 Å². The molecule has 0 aliphatic carbocycles. The molecule has 0 amide bonds. The second kappa shape index (κ2) is 8.93. The van der Waals surface area contributed by atoms with Crippen LogP contribution in [0.4, 0.5) is 0 Å².